The minimum absolute atomic E-state index is 0.168. The summed E-state index contributed by atoms with van der Waals surface area (Å²) < 4.78 is 28.1. The van der Waals surface area contributed by atoms with Gasteiger partial charge in [-0.25, -0.2) is 8.78 Å². The summed E-state index contributed by atoms with van der Waals surface area (Å²) in [4.78, 5) is 12.1. The lowest BCUT2D eigenvalue weighted by atomic mass is 10.1. The summed E-state index contributed by atoms with van der Waals surface area (Å²) in [6.07, 6.45) is 0.214. The topological polar surface area (TPSA) is 80.0 Å². The molecule has 3 aromatic rings. The number of halogens is 2. The Bertz CT molecular complexity index is 883. The summed E-state index contributed by atoms with van der Waals surface area (Å²) in [5.74, 6) is -1.85. The van der Waals surface area contributed by atoms with Gasteiger partial charge in [-0.05, 0) is 17.7 Å². The van der Waals surface area contributed by atoms with E-state index in [2.05, 4.69) is 15.5 Å². The third kappa shape index (κ3) is 3.86. The lowest BCUT2D eigenvalue weighted by molar-refractivity contribution is -0.116. The van der Waals surface area contributed by atoms with Gasteiger partial charge in [-0.2, -0.15) is 0 Å². The fourth-order valence-corrected chi connectivity index (χ4v) is 2.32. The SMILES string of the molecule is O=C(Cn1cnnc1[C@@H](O)c1ccccc1)Nc1cc(F)ccc1F. The van der Waals surface area contributed by atoms with Crippen LogP contribution in [0.1, 0.15) is 17.5 Å². The van der Waals surface area contributed by atoms with Crippen LogP contribution in [-0.2, 0) is 11.3 Å². The van der Waals surface area contributed by atoms with Crippen LogP contribution in [-0.4, -0.2) is 25.8 Å². The van der Waals surface area contributed by atoms with Crippen LogP contribution in [0, 0.1) is 11.6 Å². The number of benzene rings is 2. The standard InChI is InChI=1S/C17H14F2N4O2/c18-12-6-7-13(19)14(8-12)21-15(24)9-23-10-20-22-17(23)16(25)11-4-2-1-3-5-11/h1-8,10,16,25H,9H2,(H,21,24)/t16-/m0/s1. The fraction of sp³-hybridized carbons (Fsp3) is 0.118. The average Bonchev–Trinajstić information content (AvgIpc) is 3.06. The predicted octanol–water partition coefficient (Wildman–Crippen LogP) is 2.28. The zero-order chi connectivity index (χ0) is 17.8. The first-order chi connectivity index (χ1) is 12.0. The molecular formula is C17H14F2N4O2. The molecule has 0 fully saturated rings. The highest BCUT2D eigenvalue weighted by atomic mass is 19.1. The van der Waals surface area contributed by atoms with Crippen LogP contribution < -0.4 is 5.32 Å². The van der Waals surface area contributed by atoms with Crippen molar-refractivity contribution in [1.29, 1.82) is 0 Å². The minimum Gasteiger partial charge on any atom is -0.380 e. The number of aliphatic hydroxyl groups is 1. The van der Waals surface area contributed by atoms with Gasteiger partial charge < -0.3 is 15.0 Å². The molecule has 0 unspecified atom stereocenters. The van der Waals surface area contributed by atoms with E-state index < -0.39 is 23.6 Å². The van der Waals surface area contributed by atoms with Gasteiger partial charge in [0.15, 0.2) is 5.82 Å². The van der Waals surface area contributed by atoms with E-state index in [1.165, 1.54) is 10.9 Å². The molecule has 25 heavy (non-hydrogen) atoms. The van der Waals surface area contributed by atoms with Gasteiger partial charge in [0.25, 0.3) is 0 Å². The Balaban J connectivity index is 1.75. The summed E-state index contributed by atoms with van der Waals surface area (Å²) >= 11 is 0. The van der Waals surface area contributed by atoms with Gasteiger partial charge in [-0.3, -0.25) is 4.79 Å². The molecule has 0 aliphatic rings. The Morgan fingerprint density at radius 1 is 1.20 bits per heavy atom. The van der Waals surface area contributed by atoms with Gasteiger partial charge in [0.1, 0.15) is 30.6 Å². The van der Waals surface area contributed by atoms with Crippen molar-refractivity contribution in [1.82, 2.24) is 14.8 Å². The van der Waals surface area contributed by atoms with Crippen molar-refractivity contribution in [3.8, 4) is 0 Å². The maximum absolute atomic E-state index is 13.6. The van der Waals surface area contributed by atoms with E-state index in [1.807, 2.05) is 6.07 Å². The number of hydrogen-bond donors (Lipinski definition) is 2. The van der Waals surface area contributed by atoms with E-state index in [0.29, 0.717) is 5.56 Å². The number of amides is 1. The Morgan fingerprint density at radius 2 is 1.96 bits per heavy atom. The molecule has 0 saturated carbocycles. The van der Waals surface area contributed by atoms with Gasteiger partial charge >= 0.3 is 0 Å². The zero-order valence-corrected chi connectivity index (χ0v) is 12.9. The largest absolute Gasteiger partial charge is 0.380 e. The number of hydrogen-bond acceptors (Lipinski definition) is 4. The summed E-state index contributed by atoms with van der Waals surface area (Å²) in [7, 11) is 0. The Kier molecular flexibility index (Phi) is 4.80. The van der Waals surface area contributed by atoms with E-state index >= 15 is 0 Å². The molecule has 1 atom stereocenters. The molecule has 6 nitrogen and oxygen atoms in total. The molecule has 1 aromatic heterocycles. The van der Waals surface area contributed by atoms with Gasteiger partial charge in [0.05, 0.1) is 5.69 Å². The molecular weight excluding hydrogens is 330 g/mol. The van der Waals surface area contributed by atoms with Crippen LogP contribution in [0.25, 0.3) is 0 Å². The highest BCUT2D eigenvalue weighted by Crippen LogP contribution is 2.20. The maximum atomic E-state index is 13.6. The van der Waals surface area contributed by atoms with E-state index in [-0.39, 0.29) is 18.1 Å². The highest BCUT2D eigenvalue weighted by molar-refractivity contribution is 5.90. The molecule has 128 valence electrons. The summed E-state index contributed by atoms with van der Waals surface area (Å²) in [6.45, 7) is -0.262. The lowest BCUT2D eigenvalue weighted by Crippen LogP contribution is -2.21. The number of carbonyl (C=O) groups is 1. The van der Waals surface area contributed by atoms with E-state index in [0.717, 1.165) is 18.2 Å². The van der Waals surface area contributed by atoms with Crippen LogP contribution in [0.4, 0.5) is 14.5 Å². The first kappa shape index (κ1) is 16.7. The number of aromatic nitrogens is 3. The minimum atomic E-state index is -1.07. The third-order valence-corrected chi connectivity index (χ3v) is 3.52. The van der Waals surface area contributed by atoms with Crippen LogP contribution in [0.5, 0.6) is 0 Å². The molecule has 2 aromatic carbocycles. The molecule has 3 rings (SSSR count). The number of anilines is 1. The van der Waals surface area contributed by atoms with E-state index in [4.69, 9.17) is 0 Å². The first-order valence-electron chi connectivity index (χ1n) is 7.40. The highest BCUT2D eigenvalue weighted by Gasteiger charge is 2.19. The summed E-state index contributed by atoms with van der Waals surface area (Å²) in [5.41, 5.74) is 0.330. The second-order valence-electron chi connectivity index (χ2n) is 5.30. The number of rotatable bonds is 5. The van der Waals surface area contributed by atoms with E-state index in [1.54, 1.807) is 24.3 Å². The average molecular weight is 344 g/mol. The van der Waals surface area contributed by atoms with Crippen molar-refractivity contribution < 1.29 is 18.7 Å². The Labute approximate surface area is 141 Å². The Morgan fingerprint density at radius 3 is 2.72 bits per heavy atom. The summed E-state index contributed by atoms with van der Waals surface area (Å²) in [5, 5.41) is 20.2. The molecule has 2 N–H and O–H groups in total. The molecule has 8 heteroatoms. The normalized spacial score (nSPS) is 12.0. The van der Waals surface area contributed by atoms with Crippen molar-refractivity contribution in [3.63, 3.8) is 0 Å². The molecule has 1 heterocycles. The third-order valence-electron chi connectivity index (χ3n) is 3.52. The molecule has 0 saturated heterocycles. The van der Waals surface area contributed by atoms with Crippen LogP contribution in [0.2, 0.25) is 0 Å². The van der Waals surface area contributed by atoms with Crippen LogP contribution in [0.3, 0.4) is 0 Å². The lowest BCUT2D eigenvalue weighted by Gasteiger charge is -2.13. The monoisotopic (exact) mass is 344 g/mol. The van der Waals surface area contributed by atoms with Crippen molar-refractivity contribution >= 4 is 11.6 Å². The molecule has 1 amide bonds. The number of aliphatic hydroxyl groups excluding tert-OH is 1. The van der Waals surface area contributed by atoms with E-state index in [9.17, 15) is 18.7 Å². The molecule has 0 bridgehead atoms. The maximum Gasteiger partial charge on any atom is 0.244 e. The molecule has 0 radical (unpaired) electrons. The molecule has 0 aliphatic carbocycles. The number of nitrogens with one attached hydrogen (secondary N) is 1. The van der Waals surface area contributed by atoms with Crippen molar-refractivity contribution in [2.45, 2.75) is 12.6 Å². The molecule has 0 spiro atoms. The zero-order valence-electron chi connectivity index (χ0n) is 12.9. The quantitative estimate of drug-likeness (QED) is 0.744. The van der Waals surface area contributed by atoms with Gasteiger partial charge in [0.2, 0.25) is 5.91 Å². The van der Waals surface area contributed by atoms with Crippen LogP contribution >= 0.6 is 0 Å². The summed E-state index contributed by atoms with van der Waals surface area (Å²) in [6, 6.07) is 11.5. The Hall–Kier alpha value is -3.13. The first-order valence-corrected chi connectivity index (χ1v) is 7.40. The van der Waals surface area contributed by atoms with Crippen molar-refractivity contribution in [2.24, 2.45) is 0 Å². The number of nitrogens with zero attached hydrogens (tertiary/aromatic N) is 3. The van der Waals surface area contributed by atoms with Crippen LogP contribution in [0.15, 0.2) is 54.9 Å². The van der Waals surface area contributed by atoms with Gasteiger partial charge in [0, 0.05) is 6.07 Å². The predicted molar refractivity (Wildman–Crippen MR) is 85.5 cm³/mol. The fourth-order valence-electron chi connectivity index (χ4n) is 2.32. The second kappa shape index (κ2) is 7.18. The molecule has 0 aliphatic heterocycles. The van der Waals surface area contributed by atoms with Gasteiger partial charge in [-0.15, -0.1) is 10.2 Å². The number of carbonyl (C=O) groups excluding carboxylic acids is 1. The second-order valence-corrected chi connectivity index (χ2v) is 5.30. The van der Waals surface area contributed by atoms with Crippen molar-refractivity contribution in [2.75, 3.05) is 5.32 Å². The smallest absolute Gasteiger partial charge is 0.244 e. The van der Waals surface area contributed by atoms with Crippen molar-refractivity contribution in [3.05, 3.63) is 77.9 Å². The van der Waals surface area contributed by atoms with Gasteiger partial charge in [-0.1, -0.05) is 30.3 Å².